The summed E-state index contributed by atoms with van der Waals surface area (Å²) in [6.45, 7) is 1.83. The highest BCUT2D eigenvalue weighted by molar-refractivity contribution is 5.82. The van der Waals surface area contributed by atoms with Crippen LogP contribution in [0.25, 0.3) is 0 Å². The Balaban J connectivity index is 1.89. The van der Waals surface area contributed by atoms with Crippen LogP contribution in [0.4, 0.5) is 0 Å². The number of nitrogens with two attached hydrogens (primary N) is 1. The third kappa shape index (κ3) is 3.62. The van der Waals surface area contributed by atoms with Crippen LogP contribution in [-0.2, 0) is 11.2 Å². The van der Waals surface area contributed by atoms with Gasteiger partial charge in [-0.25, -0.2) is 4.98 Å². The van der Waals surface area contributed by atoms with Crippen molar-refractivity contribution in [3.63, 3.8) is 0 Å². The van der Waals surface area contributed by atoms with E-state index in [1.165, 1.54) is 6.33 Å². The van der Waals surface area contributed by atoms with E-state index in [0.29, 0.717) is 12.2 Å². The molecule has 0 spiro atoms. The summed E-state index contributed by atoms with van der Waals surface area (Å²) in [6, 6.07) is 8.87. The standard InChI is InChI=1S/C13H17N5O/c1-9(12-15-8-16-18-12)17-13(19)11(14)7-10-5-3-2-4-6-10/h2-6,8-9,11H,7,14H2,1H3,(H,17,19)(H,15,16,18)/t9?,11-/m0/s1. The van der Waals surface area contributed by atoms with Gasteiger partial charge in [0.2, 0.25) is 5.91 Å². The topological polar surface area (TPSA) is 96.7 Å². The molecule has 2 aromatic rings. The molecule has 0 saturated carbocycles. The van der Waals surface area contributed by atoms with Gasteiger partial charge in [-0.05, 0) is 18.9 Å². The van der Waals surface area contributed by atoms with Gasteiger partial charge in [0.1, 0.15) is 12.2 Å². The number of amides is 1. The van der Waals surface area contributed by atoms with Crippen LogP contribution in [-0.4, -0.2) is 27.1 Å². The summed E-state index contributed by atoms with van der Waals surface area (Å²) in [6.07, 6.45) is 1.91. The molecule has 0 aliphatic rings. The van der Waals surface area contributed by atoms with Gasteiger partial charge in [-0.2, -0.15) is 5.10 Å². The lowest BCUT2D eigenvalue weighted by Gasteiger charge is -2.15. The largest absolute Gasteiger partial charge is 0.345 e. The van der Waals surface area contributed by atoms with E-state index in [9.17, 15) is 4.79 Å². The molecule has 4 N–H and O–H groups in total. The highest BCUT2D eigenvalue weighted by atomic mass is 16.2. The van der Waals surface area contributed by atoms with Crippen LogP contribution < -0.4 is 11.1 Å². The summed E-state index contributed by atoms with van der Waals surface area (Å²) in [5.41, 5.74) is 6.93. The summed E-state index contributed by atoms with van der Waals surface area (Å²) in [5, 5.41) is 9.26. The maximum absolute atomic E-state index is 12.0. The number of nitrogens with one attached hydrogen (secondary N) is 2. The minimum atomic E-state index is -0.576. The van der Waals surface area contributed by atoms with Crippen LogP contribution in [0.3, 0.4) is 0 Å². The Morgan fingerprint density at radius 3 is 2.79 bits per heavy atom. The van der Waals surface area contributed by atoms with Crippen molar-refractivity contribution >= 4 is 5.91 Å². The van der Waals surface area contributed by atoms with Crippen LogP contribution in [0.5, 0.6) is 0 Å². The number of benzene rings is 1. The first-order chi connectivity index (χ1) is 9.16. The molecular weight excluding hydrogens is 242 g/mol. The highest BCUT2D eigenvalue weighted by Crippen LogP contribution is 2.06. The van der Waals surface area contributed by atoms with E-state index in [2.05, 4.69) is 20.5 Å². The molecule has 1 unspecified atom stereocenters. The molecular formula is C13H17N5O. The van der Waals surface area contributed by atoms with Crippen molar-refractivity contribution in [3.8, 4) is 0 Å². The lowest BCUT2D eigenvalue weighted by Crippen LogP contribution is -2.43. The van der Waals surface area contributed by atoms with Gasteiger partial charge in [-0.3, -0.25) is 9.89 Å². The molecule has 2 atom stereocenters. The number of carbonyl (C=O) groups is 1. The minimum Gasteiger partial charge on any atom is -0.345 e. The molecule has 0 fully saturated rings. The second-order valence-corrected chi connectivity index (χ2v) is 4.40. The van der Waals surface area contributed by atoms with Crippen molar-refractivity contribution < 1.29 is 4.79 Å². The highest BCUT2D eigenvalue weighted by Gasteiger charge is 2.18. The summed E-state index contributed by atoms with van der Waals surface area (Å²) >= 11 is 0. The average molecular weight is 259 g/mol. The third-order valence-electron chi connectivity index (χ3n) is 2.84. The molecule has 0 saturated heterocycles. The monoisotopic (exact) mass is 259 g/mol. The summed E-state index contributed by atoms with van der Waals surface area (Å²) < 4.78 is 0. The Bertz CT molecular complexity index is 511. The summed E-state index contributed by atoms with van der Waals surface area (Å²) in [4.78, 5) is 15.9. The van der Waals surface area contributed by atoms with E-state index < -0.39 is 6.04 Å². The Labute approximate surface area is 111 Å². The van der Waals surface area contributed by atoms with Crippen LogP contribution in [0.1, 0.15) is 24.4 Å². The van der Waals surface area contributed by atoms with E-state index in [-0.39, 0.29) is 11.9 Å². The van der Waals surface area contributed by atoms with Crippen molar-refractivity contribution in [2.75, 3.05) is 0 Å². The zero-order chi connectivity index (χ0) is 13.7. The number of carbonyl (C=O) groups excluding carboxylic acids is 1. The van der Waals surface area contributed by atoms with Crippen molar-refractivity contribution in [1.29, 1.82) is 0 Å². The predicted molar refractivity (Wildman–Crippen MR) is 71.1 cm³/mol. The molecule has 19 heavy (non-hydrogen) atoms. The maximum atomic E-state index is 12.0. The normalized spacial score (nSPS) is 13.8. The Morgan fingerprint density at radius 2 is 2.16 bits per heavy atom. The maximum Gasteiger partial charge on any atom is 0.237 e. The second-order valence-electron chi connectivity index (χ2n) is 4.40. The molecule has 6 nitrogen and oxygen atoms in total. The lowest BCUT2D eigenvalue weighted by molar-refractivity contribution is -0.123. The Kier molecular flexibility index (Phi) is 4.25. The van der Waals surface area contributed by atoms with Gasteiger partial charge in [0.25, 0.3) is 0 Å². The number of nitrogens with zero attached hydrogens (tertiary/aromatic N) is 2. The van der Waals surface area contributed by atoms with Crippen molar-refractivity contribution in [2.45, 2.75) is 25.4 Å². The average Bonchev–Trinajstić information content (AvgIpc) is 2.93. The fraction of sp³-hybridized carbons (Fsp3) is 0.308. The molecule has 1 aromatic carbocycles. The molecule has 1 heterocycles. The number of H-pyrrole nitrogens is 1. The first kappa shape index (κ1) is 13.2. The SMILES string of the molecule is CC(NC(=O)[C@@H](N)Cc1ccccc1)c1ncn[nH]1. The van der Waals surface area contributed by atoms with E-state index in [0.717, 1.165) is 5.56 Å². The van der Waals surface area contributed by atoms with Crippen LogP contribution in [0, 0.1) is 0 Å². The molecule has 1 amide bonds. The van der Waals surface area contributed by atoms with Crippen molar-refractivity contribution in [1.82, 2.24) is 20.5 Å². The fourth-order valence-corrected chi connectivity index (χ4v) is 1.77. The lowest BCUT2D eigenvalue weighted by atomic mass is 10.1. The van der Waals surface area contributed by atoms with Gasteiger partial charge >= 0.3 is 0 Å². The molecule has 2 rings (SSSR count). The molecule has 100 valence electrons. The zero-order valence-electron chi connectivity index (χ0n) is 10.7. The molecule has 1 aromatic heterocycles. The Morgan fingerprint density at radius 1 is 1.42 bits per heavy atom. The van der Waals surface area contributed by atoms with Crippen LogP contribution >= 0.6 is 0 Å². The zero-order valence-corrected chi connectivity index (χ0v) is 10.7. The van der Waals surface area contributed by atoms with E-state index in [1.807, 2.05) is 37.3 Å². The summed E-state index contributed by atoms with van der Waals surface area (Å²) in [5.74, 6) is 0.410. The predicted octanol–water partition coefficient (Wildman–Crippen LogP) is 0.552. The fourth-order valence-electron chi connectivity index (χ4n) is 1.77. The van der Waals surface area contributed by atoms with Gasteiger partial charge < -0.3 is 11.1 Å². The molecule has 0 radical (unpaired) electrons. The quantitative estimate of drug-likeness (QED) is 0.730. The van der Waals surface area contributed by atoms with Crippen LogP contribution in [0.15, 0.2) is 36.7 Å². The first-order valence-electron chi connectivity index (χ1n) is 6.12. The minimum absolute atomic E-state index is 0.201. The molecule has 6 heteroatoms. The first-order valence-corrected chi connectivity index (χ1v) is 6.12. The smallest absolute Gasteiger partial charge is 0.237 e. The number of rotatable bonds is 5. The van der Waals surface area contributed by atoms with Gasteiger partial charge in [0.05, 0.1) is 12.1 Å². The molecule has 0 aliphatic carbocycles. The number of hydrogen-bond donors (Lipinski definition) is 3. The van der Waals surface area contributed by atoms with Crippen molar-refractivity contribution in [2.24, 2.45) is 5.73 Å². The van der Waals surface area contributed by atoms with E-state index in [1.54, 1.807) is 0 Å². The van der Waals surface area contributed by atoms with Crippen LogP contribution in [0.2, 0.25) is 0 Å². The van der Waals surface area contributed by atoms with Gasteiger partial charge in [0, 0.05) is 0 Å². The van der Waals surface area contributed by atoms with Crippen molar-refractivity contribution in [3.05, 3.63) is 48.0 Å². The molecule has 0 bridgehead atoms. The van der Waals surface area contributed by atoms with E-state index >= 15 is 0 Å². The number of hydrogen-bond acceptors (Lipinski definition) is 4. The molecule has 0 aliphatic heterocycles. The van der Waals surface area contributed by atoms with Gasteiger partial charge in [-0.15, -0.1) is 0 Å². The third-order valence-corrected chi connectivity index (χ3v) is 2.84. The van der Waals surface area contributed by atoms with Gasteiger partial charge in [-0.1, -0.05) is 30.3 Å². The Hall–Kier alpha value is -2.21. The van der Waals surface area contributed by atoms with E-state index in [4.69, 9.17) is 5.73 Å². The van der Waals surface area contributed by atoms with Gasteiger partial charge in [0.15, 0.2) is 0 Å². The number of aromatic amines is 1. The summed E-state index contributed by atoms with van der Waals surface area (Å²) in [7, 11) is 0. The second kappa shape index (κ2) is 6.10. The number of aromatic nitrogens is 3.